The molecule has 15 nitrogen and oxygen atoms in total. The molecule has 0 radical (unpaired) electrons. The summed E-state index contributed by atoms with van der Waals surface area (Å²) >= 11 is 0. The summed E-state index contributed by atoms with van der Waals surface area (Å²) in [4.78, 5) is 57.8. The molecule has 0 spiro atoms. The molecule has 2 atom stereocenters. The smallest absolute Gasteiger partial charge is 0.341 e. The van der Waals surface area contributed by atoms with Crippen molar-refractivity contribution in [1.29, 1.82) is 0 Å². The lowest BCUT2D eigenvalue weighted by Crippen LogP contribution is -2.37. The number of aliphatic imine (C=N–C) groups is 1. The lowest BCUT2D eigenvalue weighted by molar-refractivity contribution is -0.525. The van der Waals surface area contributed by atoms with E-state index in [1.54, 1.807) is 10.3 Å². The van der Waals surface area contributed by atoms with Gasteiger partial charge >= 0.3 is 11.9 Å². The third kappa shape index (κ3) is 6.17. The number of nitrogens with one attached hydrogen (secondary N) is 2. The Morgan fingerprint density at radius 1 is 1.51 bits per heavy atom. The number of hydrogen-bond acceptors (Lipinski definition) is 10. The summed E-state index contributed by atoms with van der Waals surface area (Å²) in [7, 11) is 0. The van der Waals surface area contributed by atoms with Gasteiger partial charge in [-0.2, -0.15) is 0 Å². The number of aromatic amines is 1. The number of hydrogen-bond donors (Lipinski definition) is 5. The number of carbonyl (C=O) groups excluding carboxylic acids is 1. The number of aromatic nitrogens is 2. The summed E-state index contributed by atoms with van der Waals surface area (Å²) in [6.07, 6.45) is 1.35. The average Bonchev–Trinajstić information content (AvgIpc) is 3.24. The Balaban J connectivity index is 1.57. The predicted molar refractivity (Wildman–Crippen MR) is 120 cm³/mol. The number of ether oxygens (including phenoxy) is 1. The zero-order chi connectivity index (χ0) is 25.7. The van der Waals surface area contributed by atoms with E-state index in [1.807, 2.05) is 0 Å². The van der Waals surface area contributed by atoms with Gasteiger partial charge in [-0.3, -0.25) is 9.59 Å². The van der Waals surface area contributed by atoms with Crippen molar-refractivity contribution in [3.8, 4) is 0 Å². The Bertz CT molecular complexity index is 1230. The van der Waals surface area contributed by atoms with E-state index >= 15 is 0 Å². The second kappa shape index (κ2) is 10.7. The highest BCUT2D eigenvalue weighted by Crippen LogP contribution is 2.25. The molecular weight excluding hydrogens is 471 g/mol. The second-order valence-electron chi connectivity index (χ2n) is 7.70. The van der Waals surface area contributed by atoms with Crippen molar-refractivity contribution >= 4 is 34.7 Å². The Hall–Kier alpha value is -4.34. The number of carboxylic acids is 1. The normalized spacial score (nSPS) is 16.8. The predicted octanol–water partition coefficient (Wildman–Crippen LogP) is -0.914. The number of pyridine rings is 2. The van der Waals surface area contributed by atoms with Crippen LogP contribution in [0.25, 0.3) is 11.0 Å². The van der Waals surface area contributed by atoms with Gasteiger partial charge in [0.15, 0.2) is 16.7 Å². The average molecular weight is 494 g/mol. The van der Waals surface area contributed by atoms with E-state index in [4.69, 9.17) is 21.3 Å². The van der Waals surface area contributed by atoms with E-state index in [9.17, 15) is 28.9 Å². The highest BCUT2D eigenvalue weighted by atomic mass is 19.1. The molecule has 7 N–H and O–H groups in total. The van der Waals surface area contributed by atoms with Gasteiger partial charge in [-0.05, 0) is 18.9 Å². The molecule has 1 fully saturated rings. The molecule has 0 amide bonds. The van der Waals surface area contributed by atoms with E-state index < -0.39 is 45.9 Å². The SMILES string of the molecule is NC(=NCCC[C@H](N)C(=O)OC1CCN(c2nc3[nH]cc(C(=O)O)c(=O)c3cc2F)C1)N[N+](=O)[O-]. The number of hydrazine groups is 1. The van der Waals surface area contributed by atoms with E-state index in [2.05, 4.69) is 15.0 Å². The quantitative estimate of drug-likeness (QED) is 0.0711. The van der Waals surface area contributed by atoms with Gasteiger partial charge in [0.2, 0.25) is 5.43 Å². The van der Waals surface area contributed by atoms with Crippen molar-refractivity contribution in [1.82, 2.24) is 15.4 Å². The van der Waals surface area contributed by atoms with E-state index in [0.29, 0.717) is 19.4 Å². The first kappa shape index (κ1) is 25.3. The summed E-state index contributed by atoms with van der Waals surface area (Å²) in [6, 6.07) is -0.0257. The van der Waals surface area contributed by atoms with Crippen LogP contribution in [0.2, 0.25) is 0 Å². The summed E-state index contributed by atoms with van der Waals surface area (Å²) in [6.45, 7) is 0.573. The Kier molecular flexibility index (Phi) is 7.75. The van der Waals surface area contributed by atoms with E-state index in [0.717, 1.165) is 12.3 Å². The summed E-state index contributed by atoms with van der Waals surface area (Å²) < 4.78 is 20.1. The number of aromatic carboxylic acids is 1. The maximum atomic E-state index is 14.7. The maximum absolute atomic E-state index is 14.7. The van der Waals surface area contributed by atoms with Crippen LogP contribution in [0.1, 0.15) is 29.6 Å². The molecule has 3 rings (SSSR count). The van der Waals surface area contributed by atoms with Gasteiger partial charge < -0.3 is 31.2 Å². The van der Waals surface area contributed by atoms with E-state index in [-0.39, 0.29) is 42.3 Å². The monoisotopic (exact) mass is 494 g/mol. The zero-order valence-corrected chi connectivity index (χ0v) is 18.3. The molecule has 2 aromatic heterocycles. The van der Waals surface area contributed by atoms with Gasteiger partial charge in [0.25, 0.3) is 5.96 Å². The van der Waals surface area contributed by atoms with Crippen LogP contribution in [0.4, 0.5) is 10.2 Å². The zero-order valence-electron chi connectivity index (χ0n) is 18.3. The molecule has 35 heavy (non-hydrogen) atoms. The van der Waals surface area contributed by atoms with Crippen molar-refractivity contribution in [3.05, 3.63) is 44.0 Å². The van der Waals surface area contributed by atoms with Crippen molar-refractivity contribution in [3.63, 3.8) is 0 Å². The number of rotatable bonds is 9. The molecule has 16 heteroatoms. The fourth-order valence-corrected chi connectivity index (χ4v) is 3.52. The largest absolute Gasteiger partial charge is 0.477 e. The van der Waals surface area contributed by atoms with E-state index in [1.165, 1.54) is 0 Å². The number of fused-ring (bicyclic) bond motifs is 1. The first-order valence-electron chi connectivity index (χ1n) is 10.4. The fourth-order valence-electron chi connectivity index (χ4n) is 3.52. The van der Waals surface area contributed by atoms with Gasteiger partial charge in [-0.15, -0.1) is 0 Å². The number of anilines is 1. The summed E-state index contributed by atoms with van der Waals surface area (Å²) in [5, 5.41) is 18.2. The number of H-pyrrole nitrogens is 1. The molecule has 1 unspecified atom stereocenters. The number of esters is 1. The summed E-state index contributed by atoms with van der Waals surface area (Å²) in [5.74, 6) is -3.35. The standard InChI is InChI=1S/C19H23FN8O7/c20-12-6-10-14(29)11(17(30)31)7-24-15(10)25-16(12)27-5-3-9(8-27)35-18(32)13(21)2-1-4-23-19(22)26-28(33)34/h6-7,9,13H,1-5,8,21H2,(H,30,31)(H3,22,23,26)(H,24,25,29)/t9?,13-/m0/s1. The Labute approximate surface area is 196 Å². The fraction of sp³-hybridized carbons (Fsp3) is 0.421. The Morgan fingerprint density at radius 2 is 2.26 bits per heavy atom. The topological polar surface area (TPSA) is 232 Å². The molecule has 3 heterocycles. The minimum Gasteiger partial charge on any atom is -0.477 e. The van der Waals surface area contributed by atoms with Crippen LogP contribution < -0.4 is 27.2 Å². The lowest BCUT2D eigenvalue weighted by Gasteiger charge is -2.19. The molecular formula is C19H23FN8O7. The van der Waals surface area contributed by atoms with Crippen molar-refractivity contribution in [2.24, 2.45) is 16.5 Å². The van der Waals surface area contributed by atoms with Gasteiger partial charge in [0.1, 0.15) is 23.4 Å². The van der Waals surface area contributed by atoms with Crippen LogP contribution in [-0.4, -0.2) is 69.8 Å². The number of guanidine groups is 1. The Morgan fingerprint density at radius 3 is 2.94 bits per heavy atom. The van der Waals surface area contributed by atoms with Crippen LogP contribution in [0.3, 0.4) is 0 Å². The number of nitrogens with zero attached hydrogens (tertiary/aromatic N) is 4. The highest BCUT2D eigenvalue weighted by molar-refractivity contribution is 5.91. The van der Waals surface area contributed by atoms with Crippen LogP contribution in [0.15, 0.2) is 22.1 Å². The number of nitro groups is 1. The van der Waals surface area contributed by atoms with Crippen LogP contribution in [-0.2, 0) is 9.53 Å². The van der Waals surface area contributed by atoms with Gasteiger partial charge in [0.05, 0.1) is 11.9 Å². The molecule has 0 saturated carbocycles. The van der Waals surface area contributed by atoms with Crippen molar-refractivity contribution < 1.29 is 28.9 Å². The molecule has 0 aromatic carbocycles. The first-order valence-corrected chi connectivity index (χ1v) is 10.4. The first-order chi connectivity index (χ1) is 16.6. The van der Waals surface area contributed by atoms with Crippen LogP contribution in [0, 0.1) is 15.9 Å². The van der Waals surface area contributed by atoms with Crippen molar-refractivity contribution in [2.75, 3.05) is 24.5 Å². The van der Waals surface area contributed by atoms with Crippen molar-refractivity contribution in [2.45, 2.75) is 31.4 Å². The third-order valence-corrected chi connectivity index (χ3v) is 5.22. The molecule has 2 aromatic rings. The van der Waals surface area contributed by atoms with Gasteiger partial charge in [-0.25, -0.2) is 29.3 Å². The summed E-state index contributed by atoms with van der Waals surface area (Å²) in [5.41, 5.74) is 11.5. The second-order valence-corrected chi connectivity index (χ2v) is 7.70. The maximum Gasteiger partial charge on any atom is 0.341 e. The molecule has 1 aliphatic heterocycles. The number of carboxylic acid groups (broad SMARTS) is 1. The highest BCUT2D eigenvalue weighted by Gasteiger charge is 2.30. The lowest BCUT2D eigenvalue weighted by atomic mass is 10.1. The molecule has 0 aliphatic carbocycles. The number of carbonyl (C=O) groups is 2. The molecule has 188 valence electrons. The minimum absolute atomic E-state index is 0.0237. The molecule has 1 aliphatic rings. The van der Waals surface area contributed by atoms with Gasteiger partial charge in [-0.1, -0.05) is 5.43 Å². The molecule has 1 saturated heterocycles. The third-order valence-electron chi connectivity index (χ3n) is 5.22. The van der Waals surface area contributed by atoms with Crippen LogP contribution >= 0.6 is 0 Å². The minimum atomic E-state index is -1.44. The number of halogens is 1. The van der Waals surface area contributed by atoms with Crippen LogP contribution in [0.5, 0.6) is 0 Å². The molecule has 0 bridgehead atoms. The number of nitrogens with two attached hydrogens (primary N) is 2. The van der Waals surface area contributed by atoms with Gasteiger partial charge in [0, 0.05) is 25.7 Å².